The number of rotatable bonds is 16. The molecule has 0 saturated heterocycles. The predicted molar refractivity (Wildman–Crippen MR) is 268 cm³/mol. The van der Waals surface area contributed by atoms with Crippen molar-refractivity contribution in [3.63, 3.8) is 0 Å². The van der Waals surface area contributed by atoms with Crippen LogP contribution in [0.5, 0.6) is 0 Å². The zero-order valence-corrected chi connectivity index (χ0v) is 40.8. The van der Waals surface area contributed by atoms with Gasteiger partial charge in [-0.25, -0.2) is 12.1 Å². The quantitative estimate of drug-likeness (QED) is 0.0670. The first-order valence-electron chi connectivity index (χ1n) is 23.0. The largest absolute Gasteiger partial charge is 0.214 e. The van der Waals surface area contributed by atoms with Gasteiger partial charge < -0.3 is 0 Å². The van der Waals surface area contributed by atoms with E-state index in [0.717, 1.165) is 25.7 Å². The summed E-state index contributed by atoms with van der Waals surface area (Å²) in [7, 11) is 0. The summed E-state index contributed by atoms with van der Waals surface area (Å²) in [5.74, 6) is 0. The topological polar surface area (TPSA) is 0 Å². The molecule has 0 N–H and O–H groups in total. The van der Waals surface area contributed by atoms with Gasteiger partial charge >= 0.3 is 112 Å². The minimum Gasteiger partial charge on any atom is -0.214 e. The maximum atomic E-state index is 2.51. The van der Waals surface area contributed by atoms with E-state index < -0.39 is 0 Å². The van der Waals surface area contributed by atoms with Gasteiger partial charge in [0.2, 0.25) is 0 Å². The van der Waals surface area contributed by atoms with Crippen molar-refractivity contribution in [3.05, 3.63) is 226 Å². The van der Waals surface area contributed by atoms with Crippen LogP contribution < -0.4 is 0 Å². The third-order valence-electron chi connectivity index (χ3n) is 12.8. The first-order valence-corrected chi connectivity index (χ1v) is 24.3. The van der Waals surface area contributed by atoms with Crippen molar-refractivity contribution in [2.24, 2.45) is 0 Å². The molecule has 0 aliphatic carbocycles. The van der Waals surface area contributed by atoms with E-state index in [1.165, 1.54) is 105 Å². The fraction of sp³-hybridized carbons (Fsp3) is 0.295. The van der Waals surface area contributed by atoms with Gasteiger partial charge in [0.25, 0.3) is 0 Å². The Morgan fingerprint density at radius 2 is 0.839 bits per heavy atom. The number of unbranched alkanes of at least 4 members (excludes halogenated alkanes) is 2. The van der Waals surface area contributed by atoms with Crippen LogP contribution in [0.1, 0.15) is 111 Å². The van der Waals surface area contributed by atoms with Crippen LogP contribution in [0.25, 0.3) is 21.5 Å². The number of benzene rings is 6. The third-order valence-corrected chi connectivity index (χ3v) is 13.7. The number of hydrogen-bond donors (Lipinski definition) is 0. The molecule has 0 nitrogen and oxygen atoms in total. The SMILES string of the molecule is Cc1cc2[cH-]c3cc(C)c(CCCCC(C)(C)c4ccccc4)cc3c2cc1CCCCC(C)(C)c1ccccc1.[Zr+2]=[C](Cc1ccccc1)Cc1ccccc1.c1cc[cH-]c1. The molecule has 316 valence electrons. The molecule has 0 atom stereocenters. The van der Waals surface area contributed by atoms with Gasteiger partial charge in [-0.2, -0.15) is 18.2 Å². The Labute approximate surface area is 389 Å². The van der Waals surface area contributed by atoms with Crippen LogP contribution in [-0.2, 0) is 60.7 Å². The van der Waals surface area contributed by atoms with Gasteiger partial charge in [-0.3, -0.25) is 0 Å². The maximum absolute atomic E-state index is 2.51. The van der Waals surface area contributed by atoms with Crippen LogP contribution in [0.3, 0.4) is 0 Å². The predicted octanol–water partition coefficient (Wildman–Crippen LogP) is 16.3. The van der Waals surface area contributed by atoms with Gasteiger partial charge in [-0.15, -0.1) is 39.7 Å². The molecular formula is C61H68Zr. The Morgan fingerprint density at radius 1 is 0.468 bits per heavy atom. The van der Waals surface area contributed by atoms with E-state index in [9.17, 15) is 0 Å². The first-order chi connectivity index (χ1) is 30.0. The van der Waals surface area contributed by atoms with Crippen molar-refractivity contribution in [2.75, 3.05) is 0 Å². The smallest absolute Gasteiger partial charge is 0.172 e. The Balaban J connectivity index is 0.000000249. The van der Waals surface area contributed by atoms with Crippen LogP contribution in [0.15, 0.2) is 182 Å². The summed E-state index contributed by atoms with van der Waals surface area (Å²) in [5, 5.41) is 5.67. The molecule has 0 spiro atoms. The molecule has 0 radical (unpaired) electrons. The van der Waals surface area contributed by atoms with E-state index >= 15 is 0 Å². The summed E-state index contributed by atoms with van der Waals surface area (Å²) >= 11 is 1.55. The fourth-order valence-electron chi connectivity index (χ4n) is 8.86. The maximum Gasteiger partial charge on any atom is -0.172 e. The average molecular weight is 892 g/mol. The van der Waals surface area contributed by atoms with Crippen LogP contribution in [-0.4, -0.2) is 3.21 Å². The molecule has 0 fully saturated rings. The van der Waals surface area contributed by atoms with E-state index in [-0.39, 0.29) is 10.8 Å². The second kappa shape index (κ2) is 23.1. The normalized spacial score (nSPS) is 11.5. The van der Waals surface area contributed by atoms with Gasteiger partial charge in [0.05, 0.1) is 0 Å². The molecular weight excluding hydrogens is 824 g/mol. The van der Waals surface area contributed by atoms with Crippen molar-refractivity contribution in [1.29, 1.82) is 0 Å². The Morgan fingerprint density at radius 3 is 1.19 bits per heavy atom. The fourth-order valence-corrected chi connectivity index (χ4v) is 9.87. The van der Waals surface area contributed by atoms with Crippen molar-refractivity contribution in [2.45, 2.75) is 117 Å². The molecule has 8 aromatic carbocycles. The van der Waals surface area contributed by atoms with Crippen LogP contribution in [0.4, 0.5) is 0 Å². The molecule has 0 unspecified atom stereocenters. The molecule has 0 saturated carbocycles. The standard InChI is InChI=1S/C41H49.C15H14.C5H5.Zr/c1-30-25-34-27-35-26-31(2)33(18-14-16-24-41(5,6)37-21-11-8-12-22-37)29-39(35)38(34)28-32(30)17-13-15-23-40(3,4)36-19-9-7-10-20-36;1-3-8-14(9-4-1)12-7-13-15-10-5-2-6-11-15;1-2-4-5-3-1;/h7-12,19-22,25-29H,13-18,23-24H2,1-6H3;1-6,8-11H,12-13H2;1-5H;/q-1;;-1;+2. The summed E-state index contributed by atoms with van der Waals surface area (Å²) in [6, 6.07) is 65.7. The zero-order chi connectivity index (χ0) is 43.8. The molecule has 8 rings (SSSR count). The first kappa shape index (κ1) is 46.8. The molecule has 0 amide bonds. The summed E-state index contributed by atoms with van der Waals surface area (Å²) < 4.78 is 1.60. The Kier molecular flexibility index (Phi) is 17.4. The number of fused-ring (bicyclic) bond motifs is 3. The van der Waals surface area contributed by atoms with Crippen molar-refractivity contribution in [1.82, 2.24) is 0 Å². The van der Waals surface area contributed by atoms with Crippen LogP contribution in [0.2, 0.25) is 0 Å². The van der Waals surface area contributed by atoms with E-state index in [1.54, 1.807) is 27.4 Å². The minimum atomic E-state index is 0.230. The van der Waals surface area contributed by atoms with E-state index in [1.807, 2.05) is 30.3 Å². The van der Waals surface area contributed by atoms with Gasteiger partial charge in [-0.05, 0) is 74.3 Å². The van der Waals surface area contributed by atoms with E-state index in [4.69, 9.17) is 0 Å². The summed E-state index contributed by atoms with van der Waals surface area (Å²) in [6.45, 7) is 14.2. The molecule has 0 aromatic heterocycles. The molecule has 0 heterocycles. The molecule has 0 bridgehead atoms. The third kappa shape index (κ3) is 13.9. The summed E-state index contributed by atoms with van der Waals surface area (Å²) in [4.78, 5) is 0. The number of aryl methyl sites for hydroxylation is 4. The monoisotopic (exact) mass is 890 g/mol. The summed E-state index contributed by atoms with van der Waals surface area (Å²) in [6.07, 6.45) is 12.0. The average Bonchev–Trinajstić information content (AvgIpc) is 3.98. The van der Waals surface area contributed by atoms with Gasteiger partial charge in [-0.1, -0.05) is 136 Å². The van der Waals surface area contributed by atoms with Crippen molar-refractivity contribution >= 4 is 24.8 Å². The van der Waals surface area contributed by atoms with Crippen molar-refractivity contribution in [3.8, 4) is 0 Å². The van der Waals surface area contributed by atoms with E-state index in [2.05, 4.69) is 193 Å². The second-order valence-electron chi connectivity index (χ2n) is 18.7. The Bertz CT molecular complexity index is 2340. The molecule has 1 heteroatoms. The van der Waals surface area contributed by atoms with E-state index in [0.29, 0.717) is 0 Å². The second-order valence-corrected chi connectivity index (χ2v) is 20.4. The molecule has 8 aromatic rings. The molecule has 62 heavy (non-hydrogen) atoms. The number of hydrogen-bond acceptors (Lipinski definition) is 0. The van der Waals surface area contributed by atoms with Gasteiger partial charge in [0.1, 0.15) is 0 Å². The minimum absolute atomic E-state index is 0.230. The Hall–Kier alpha value is -4.71. The zero-order valence-electron chi connectivity index (χ0n) is 38.4. The summed E-state index contributed by atoms with van der Waals surface area (Å²) in [5.41, 5.74) is 12.1. The molecule has 0 aliphatic rings. The van der Waals surface area contributed by atoms with Crippen LogP contribution in [0, 0.1) is 13.8 Å². The van der Waals surface area contributed by atoms with Crippen LogP contribution >= 0.6 is 0 Å². The van der Waals surface area contributed by atoms with Gasteiger partial charge in [0.15, 0.2) is 0 Å². The van der Waals surface area contributed by atoms with Crippen molar-refractivity contribution < 1.29 is 24.2 Å². The molecule has 0 aliphatic heterocycles. The van der Waals surface area contributed by atoms with Gasteiger partial charge in [0, 0.05) is 0 Å².